The third-order valence-corrected chi connectivity index (χ3v) is 2.18. The van der Waals surface area contributed by atoms with Crippen LogP contribution in [0.1, 0.15) is 5.56 Å². The Balaban J connectivity index is 3.59. The fourth-order valence-electron chi connectivity index (χ4n) is 1.31. The van der Waals surface area contributed by atoms with Gasteiger partial charge in [0, 0.05) is 12.1 Å². The molecular weight excluding hydrogens is 272 g/mol. The largest absolute Gasteiger partial charge is 0.497 e. The van der Waals surface area contributed by atoms with E-state index in [4.69, 9.17) is 11.0 Å². The molecule has 0 radical (unpaired) electrons. The van der Waals surface area contributed by atoms with E-state index in [2.05, 4.69) is 0 Å². The molecule has 0 saturated carbocycles. The highest BCUT2D eigenvalue weighted by atomic mass is 16.6. The zero-order valence-corrected chi connectivity index (χ0v) is 9.64. The molecule has 0 fully saturated rings. The van der Waals surface area contributed by atoms with Crippen molar-refractivity contribution in [1.82, 2.24) is 0 Å². The second-order valence-corrected chi connectivity index (χ2v) is 3.46. The molecule has 1 amide bonds. The van der Waals surface area contributed by atoms with Crippen molar-refractivity contribution in [2.45, 2.75) is 0 Å². The number of carbonyl (C=O) groups is 1. The molecule has 0 aliphatic carbocycles. The molecule has 0 aliphatic heterocycles. The van der Waals surface area contributed by atoms with Crippen LogP contribution in [0.5, 0.6) is 5.75 Å². The van der Waals surface area contributed by atoms with Crippen molar-refractivity contribution >= 4 is 23.4 Å². The molecule has 0 spiro atoms. The first-order valence-electron chi connectivity index (χ1n) is 4.85. The van der Waals surface area contributed by atoms with Gasteiger partial charge in [0.1, 0.15) is 11.6 Å². The van der Waals surface area contributed by atoms with Crippen molar-refractivity contribution in [2.75, 3.05) is 0 Å². The third-order valence-electron chi connectivity index (χ3n) is 2.18. The summed E-state index contributed by atoms with van der Waals surface area (Å²) in [5.41, 5.74) is 2.30. The van der Waals surface area contributed by atoms with E-state index in [1.807, 2.05) is 0 Å². The lowest BCUT2D eigenvalue weighted by Gasteiger charge is -2.00. The predicted octanol–water partition coefficient (Wildman–Crippen LogP) is 0.601. The Morgan fingerprint density at radius 1 is 1.30 bits per heavy atom. The highest BCUT2D eigenvalue weighted by Crippen LogP contribution is 2.37. The fraction of sp³-hybridized carbons (Fsp3) is 0. The molecule has 0 unspecified atom stereocenters. The monoisotopic (exact) mass is 278 g/mol. The van der Waals surface area contributed by atoms with Gasteiger partial charge in [-0.2, -0.15) is 5.26 Å². The number of primary amides is 1. The summed E-state index contributed by atoms with van der Waals surface area (Å²) in [5.74, 6) is -2.21. The standard InChI is InChI=1S/C10H6N4O6/c11-4-6(10(12)16)1-5-2-7(13(17)18)9(15)8(3-5)14(19)20/h1-3,15H,(H2,12,16). The molecule has 0 heterocycles. The molecule has 0 saturated heterocycles. The second-order valence-electron chi connectivity index (χ2n) is 3.46. The number of nitro groups is 2. The van der Waals surface area contributed by atoms with E-state index in [0.717, 1.165) is 18.2 Å². The van der Waals surface area contributed by atoms with Gasteiger partial charge < -0.3 is 10.8 Å². The van der Waals surface area contributed by atoms with Gasteiger partial charge in [-0.3, -0.25) is 25.0 Å². The average molecular weight is 278 g/mol. The predicted molar refractivity (Wildman–Crippen MR) is 64.2 cm³/mol. The number of benzene rings is 1. The van der Waals surface area contributed by atoms with Crippen LogP contribution in [0.2, 0.25) is 0 Å². The van der Waals surface area contributed by atoms with Crippen LogP contribution in [0.4, 0.5) is 11.4 Å². The van der Waals surface area contributed by atoms with Crippen LogP contribution in [0.25, 0.3) is 6.08 Å². The van der Waals surface area contributed by atoms with E-state index in [1.54, 1.807) is 0 Å². The molecule has 0 atom stereocenters. The van der Waals surface area contributed by atoms with Gasteiger partial charge in [-0.1, -0.05) is 0 Å². The Hall–Kier alpha value is -3.48. The highest BCUT2D eigenvalue weighted by Gasteiger charge is 2.26. The lowest BCUT2D eigenvalue weighted by Crippen LogP contribution is -2.12. The minimum absolute atomic E-state index is 0.184. The summed E-state index contributed by atoms with van der Waals surface area (Å²) in [4.78, 5) is 30.2. The molecule has 0 aliphatic rings. The van der Waals surface area contributed by atoms with Gasteiger partial charge in [-0.15, -0.1) is 0 Å². The zero-order valence-electron chi connectivity index (χ0n) is 9.64. The van der Waals surface area contributed by atoms with Crippen LogP contribution >= 0.6 is 0 Å². The van der Waals surface area contributed by atoms with Crippen LogP contribution in [0.3, 0.4) is 0 Å². The number of amides is 1. The van der Waals surface area contributed by atoms with Gasteiger partial charge in [-0.05, 0) is 11.6 Å². The average Bonchev–Trinajstić information content (AvgIpc) is 2.36. The van der Waals surface area contributed by atoms with E-state index < -0.39 is 38.5 Å². The van der Waals surface area contributed by atoms with Crippen LogP contribution < -0.4 is 5.73 Å². The minimum atomic E-state index is -1.12. The number of nitrogens with zero attached hydrogens (tertiary/aromatic N) is 3. The Kier molecular flexibility index (Phi) is 3.97. The first kappa shape index (κ1) is 14.6. The van der Waals surface area contributed by atoms with Crippen molar-refractivity contribution in [2.24, 2.45) is 5.73 Å². The number of aromatic hydroxyl groups is 1. The molecule has 1 aromatic carbocycles. The number of nitriles is 1. The van der Waals surface area contributed by atoms with Crippen LogP contribution in [0.15, 0.2) is 17.7 Å². The van der Waals surface area contributed by atoms with E-state index in [9.17, 15) is 30.1 Å². The van der Waals surface area contributed by atoms with Gasteiger partial charge in [-0.25, -0.2) is 0 Å². The van der Waals surface area contributed by atoms with E-state index >= 15 is 0 Å². The summed E-state index contributed by atoms with van der Waals surface area (Å²) in [6, 6.07) is 3.01. The summed E-state index contributed by atoms with van der Waals surface area (Å²) in [6.07, 6.45) is 0.849. The molecule has 10 heteroatoms. The van der Waals surface area contributed by atoms with E-state index in [1.165, 1.54) is 6.07 Å². The van der Waals surface area contributed by atoms with Crippen molar-refractivity contribution in [3.8, 4) is 11.8 Å². The van der Waals surface area contributed by atoms with Crippen molar-refractivity contribution < 1.29 is 19.7 Å². The second kappa shape index (κ2) is 5.44. The van der Waals surface area contributed by atoms with Crippen LogP contribution in [-0.2, 0) is 4.79 Å². The van der Waals surface area contributed by atoms with Gasteiger partial charge in [0.25, 0.3) is 11.7 Å². The molecule has 0 bridgehead atoms. The molecule has 10 nitrogen and oxygen atoms in total. The number of rotatable bonds is 4. The SMILES string of the molecule is N#CC(=Cc1cc([N+](=O)[O-])c(O)c([N+](=O)[O-])c1)C(N)=O. The number of phenolic OH excluding ortho intramolecular Hbond substituents is 1. The van der Waals surface area contributed by atoms with Crippen molar-refractivity contribution in [1.29, 1.82) is 5.26 Å². The number of hydrogen-bond donors (Lipinski definition) is 2. The number of carbonyl (C=O) groups excluding carboxylic acids is 1. The first-order valence-corrected chi connectivity index (χ1v) is 4.85. The van der Waals surface area contributed by atoms with Crippen LogP contribution in [-0.4, -0.2) is 20.9 Å². The maximum atomic E-state index is 10.9. The summed E-state index contributed by atoms with van der Waals surface area (Å²) >= 11 is 0. The maximum Gasteiger partial charge on any atom is 0.318 e. The maximum absolute atomic E-state index is 10.9. The Morgan fingerprint density at radius 2 is 1.75 bits per heavy atom. The quantitative estimate of drug-likeness (QED) is 0.350. The molecule has 1 rings (SSSR count). The topological polar surface area (TPSA) is 173 Å². The van der Waals surface area contributed by atoms with Gasteiger partial charge in [0.2, 0.25) is 0 Å². The van der Waals surface area contributed by atoms with Crippen molar-refractivity contribution in [3.63, 3.8) is 0 Å². The lowest BCUT2D eigenvalue weighted by molar-refractivity contribution is -0.396. The van der Waals surface area contributed by atoms with Gasteiger partial charge >= 0.3 is 11.4 Å². The number of hydrogen-bond acceptors (Lipinski definition) is 7. The number of phenols is 1. The first-order chi connectivity index (χ1) is 9.27. The summed E-state index contributed by atoms with van der Waals surface area (Å²) < 4.78 is 0. The highest BCUT2D eigenvalue weighted by molar-refractivity contribution is 6.00. The third kappa shape index (κ3) is 2.85. The van der Waals surface area contributed by atoms with E-state index in [-0.39, 0.29) is 5.56 Å². The Morgan fingerprint density at radius 3 is 2.05 bits per heavy atom. The molecule has 102 valence electrons. The smallest absolute Gasteiger partial charge is 0.318 e. The Bertz CT molecular complexity index is 652. The molecule has 1 aromatic rings. The molecule has 0 aromatic heterocycles. The van der Waals surface area contributed by atoms with Crippen LogP contribution in [0, 0.1) is 31.6 Å². The Labute approximate surface area is 110 Å². The summed E-state index contributed by atoms with van der Waals surface area (Å²) in [6.45, 7) is 0. The molecular formula is C10H6N4O6. The molecule has 3 N–H and O–H groups in total. The van der Waals surface area contributed by atoms with Gasteiger partial charge in [0.15, 0.2) is 0 Å². The minimum Gasteiger partial charge on any atom is -0.497 e. The number of nitrogens with two attached hydrogens (primary N) is 1. The normalized spacial score (nSPS) is 10.7. The van der Waals surface area contributed by atoms with Crippen molar-refractivity contribution in [3.05, 3.63) is 43.5 Å². The van der Waals surface area contributed by atoms with Gasteiger partial charge in [0.05, 0.1) is 9.85 Å². The zero-order chi connectivity index (χ0) is 15.4. The molecule has 20 heavy (non-hydrogen) atoms. The number of nitro benzene ring substituents is 2. The summed E-state index contributed by atoms with van der Waals surface area (Å²) in [7, 11) is 0. The lowest BCUT2D eigenvalue weighted by atomic mass is 10.1. The fourth-order valence-corrected chi connectivity index (χ4v) is 1.31. The van der Waals surface area contributed by atoms with E-state index in [0.29, 0.717) is 0 Å². The summed E-state index contributed by atoms with van der Waals surface area (Å²) in [5, 5.41) is 39.4.